The molecule has 0 atom stereocenters. The average Bonchev–Trinajstić information content (AvgIpc) is 3.35. The number of hydrogen-bond donors (Lipinski definition) is 1. The van der Waals surface area contributed by atoms with Crippen LogP contribution in [0.3, 0.4) is 0 Å². The van der Waals surface area contributed by atoms with Crippen LogP contribution in [0.25, 0.3) is 0 Å². The Hall–Kier alpha value is -1.75. The van der Waals surface area contributed by atoms with E-state index in [1.54, 1.807) is 0 Å². The molecule has 5 nitrogen and oxygen atoms in total. The van der Waals surface area contributed by atoms with Gasteiger partial charge in [0, 0.05) is 42.4 Å². The van der Waals surface area contributed by atoms with Crippen molar-refractivity contribution in [3.05, 3.63) is 29.3 Å². The summed E-state index contributed by atoms with van der Waals surface area (Å²) in [5.41, 5.74) is -0.0739. The molecule has 1 aromatic carbocycles. The van der Waals surface area contributed by atoms with E-state index in [0.29, 0.717) is 31.0 Å². The lowest BCUT2D eigenvalue weighted by molar-refractivity contribution is -0.145. The fourth-order valence-corrected chi connectivity index (χ4v) is 3.45. The van der Waals surface area contributed by atoms with Gasteiger partial charge in [0.05, 0.1) is 0 Å². The minimum atomic E-state index is -0.828. The van der Waals surface area contributed by atoms with Gasteiger partial charge < -0.3 is 15.1 Å². The van der Waals surface area contributed by atoms with Gasteiger partial charge in [-0.15, -0.1) is 0 Å². The van der Waals surface area contributed by atoms with Crippen LogP contribution in [-0.4, -0.2) is 48.4 Å². The summed E-state index contributed by atoms with van der Waals surface area (Å²) >= 11 is 6.06. The first kappa shape index (κ1) is 18.1. The highest BCUT2D eigenvalue weighted by Gasteiger charge is 2.58. The molecule has 1 saturated carbocycles. The summed E-state index contributed by atoms with van der Waals surface area (Å²) in [5, 5.41) is 3.69. The van der Waals surface area contributed by atoms with Crippen LogP contribution in [-0.2, 0) is 9.59 Å². The monoisotopic (exact) mass is 363 g/mol. The van der Waals surface area contributed by atoms with Crippen molar-refractivity contribution in [3.63, 3.8) is 0 Å². The van der Waals surface area contributed by atoms with E-state index < -0.39 is 5.41 Å². The van der Waals surface area contributed by atoms with Gasteiger partial charge in [-0.05, 0) is 51.8 Å². The maximum Gasteiger partial charge on any atom is 0.238 e. The molecule has 6 heteroatoms. The molecule has 136 valence electrons. The van der Waals surface area contributed by atoms with E-state index >= 15 is 0 Å². The minimum absolute atomic E-state index is 0.0139. The summed E-state index contributed by atoms with van der Waals surface area (Å²) in [4.78, 5) is 29.6. The Morgan fingerprint density at radius 2 is 1.76 bits per heavy atom. The van der Waals surface area contributed by atoms with Crippen molar-refractivity contribution in [3.8, 4) is 0 Å². The molecular weight excluding hydrogens is 338 g/mol. The van der Waals surface area contributed by atoms with Crippen LogP contribution in [0.5, 0.6) is 0 Å². The van der Waals surface area contributed by atoms with Crippen LogP contribution in [0.15, 0.2) is 24.3 Å². The number of nitrogens with one attached hydrogen (secondary N) is 1. The van der Waals surface area contributed by atoms with Crippen LogP contribution in [0.1, 0.15) is 33.6 Å². The molecule has 1 heterocycles. The normalized spacial score (nSPS) is 19.5. The zero-order chi connectivity index (χ0) is 18.2. The molecule has 0 unspecified atom stereocenters. The Balaban J connectivity index is 1.61. The van der Waals surface area contributed by atoms with Gasteiger partial charge in [0.2, 0.25) is 11.8 Å². The Bertz CT molecular complexity index is 671. The van der Waals surface area contributed by atoms with Crippen LogP contribution in [0.2, 0.25) is 5.02 Å². The van der Waals surface area contributed by atoms with Gasteiger partial charge in [-0.25, -0.2) is 0 Å². The number of benzene rings is 1. The molecule has 25 heavy (non-hydrogen) atoms. The Morgan fingerprint density at radius 3 is 2.28 bits per heavy atom. The summed E-state index contributed by atoms with van der Waals surface area (Å²) in [5.74, 6) is -0.137. The van der Waals surface area contributed by atoms with E-state index in [1.807, 2.05) is 49.9 Å². The van der Waals surface area contributed by atoms with E-state index in [9.17, 15) is 9.59 Å². The number of hydrogen-bond acceptors (Lipinski definition) is 3. The Kier molecular flexibility index (Phi) is 4.71. The fraction of sp³-hybridized carbons (Fsp3) is 0.579. The Morgan fingerprint density at radius 1 is 1.12 bits per heavy atom. The van der Waals surface area contributed by atoms with Crippen LogP contribution >= 0.6 is 11.6 Å². The van der Waals surface area contributed by atoms with Crippen molar-refractivity contribution >= 4 is 29.1 Å². The maximum atomic E-state index is 12.9. The van der Waals surface area contributed by atoms with Gasteiger partial charge >= 0.3 is 0 Å². The lowest BCUT2D eigenvalue weighted by atomic mass is 10.0. The third kappa shape index (κ3) is 3.92. The Labute approximate surface area is 154 Å². The van der Waals surface area contributed by atoms with Crippen LogP contribution in [0.4, 0.5) is 5.69 Å². The van der Waals surface area contributed by atoms with Gasteiger partial charge in [-0.1, -0.05) is 17.7 Å². The summed E-state index contributed by atoms with van der Waals surface area (Å²) < 4.78 is 0. The largest absolute Gasteiger partial charge is 0.368 e. The fourth-order valence-electron chi connectivity index (χ4n) is 3.27. The van der Waals surface area contributed by atoms with Crippen molar-refractivity contribution in [2.24, 2.45) is 5.41 Å². The summed E-state index contributed by atoms with van der Waals surface area (Å²) in [6.07, 6.45) is 1.31. The maximum absolute atomic E-state index is 12.9. The van der Waals surface area contributed by atoms with Crippen LogP contribution < -0.4 is 10.2 Å². The number of piperazine rings is 1. The predicted octanol–water partition coefficient (Wildman–Crippen LogP) is 2.68. The SMILES string of the molecule is CC(C)(C)NC(=O)C1(C(=O)N2CCN(c3cccc(Cl)c3)CC2)CC1. The molecule has 3 rings (SSSR count). The molecule has 1 N–H and O–H groups in total. The zero-order valence-electron chi connectivity index (χ0n) is 15.1. The number of carbonyl (C=O) groups excluding carboxylic acids is 2. The summed E-state index contributed by atoms with van der Waals surface area (Å²) in [6.45, 7) is 8.59. The van der Waals surface area contributed by atoms with E-state index in [1.165, 1.54) is 0 Å². The molecule has 1 saturated heterocycles. The molecule has 0 aromatic heterocycles. The van der Waals surface area contributed by atoms with E-state index in [2.05, 4.69) is 10.2 Å². The van der Waals surface area contributed by atoms with Crippen LogP contribution in [0, 0.1) is 5.41 Å². The molecule has 0 radical (unpaired) electrons. The highest BCUT2D eigenvalue weighted by molar-refractivity contribution is 6.30. The second-order valence-corrected chi connectivity index (χ2v) is 8.48. The van der Waals surface area contributed by atoms with Crippen molar-refractivity contribution in [1.82, 2.24) is 10.2 Å². The second kappa shape index (κ2) is 6.52. The molecule has 1 aliphatic heterocycles. The third-order valence-electron chi connectivity index (χ3n) is 4.82. The molecular formula is C19H26ClN3O2. The average molecular weight is 364 g/mol. The lowest BCUT2D eigenvalue weighted by Gasteiger charge is -2.38. The van der Waals surface area contributed by atoms with E-state index in [0.717, 1.165) is 18.8 Å². The molecule has 0 spiro atoms. The van der Waals surface area contributed by atoms with Crippen molar-refractivity contribution in [1.29, 1.82) is 0 Å². The standard InChI is InChI=1S/C19H26ClN3O2/c1-18(2,3)21-16(24)19(7-8-19)17(25)23-11-9-22(10-12-23)15-6-4-5-14(20)13-15/h4-6,13H,7-12H2,1-3H3,(H,21,24). The lowest BCUT2D eigenvalue weighted by Crippen LogP contribution is -2.55. The van der Waals surface area contributed by atoms with Gasteiger partial charge in [0.25, 0.3) is 0 Å². The summed E-state index contributed by atoms with van der Waals surface area (Å²) in [6, 6.07) is 7.77. The predicted molar refractivity (Wildman–Crippen MR) is 99.8 cm³/mol. The number of halogens is 1. The quantitative estimate of drug-likeness (QED) is 0.840. The minimum Gasteiger partial charge on any atom is -0.368 e. The number of amides is 2. The van der Waals surface area contributed by atoms with Gasteiger partial charge in [0.1, 0.15) is 5.41 Å². The smallest absolute Gasteiger partial charge is 0.238 e. The first-order valence-electron chi connectivity index (χ1n) is 8.84. The van der Waals surface area contributed by atoms with Crippen molar-refractivity contribution in [2.75, 3.05) is 31.1 Å². The highest BCUT2D eigenvalue weighted by atomic mass is 35.5. The molecule has 2 fully saturated rings. The molecule has 1 aliphatic carbocycles. The van der Waals surface area contributed by atoms with E-state index in [4.69, 9.17) is 11.6 Å². The van der Waals surface area contributed by atoms with Crippen molar-refractivity contribution < 1.29 is 9.59 Å². The van der Waals surface area contributed by atoms with Gasteiger partial charge in [-0.3, -0.25) is 9.59 Å². The van der Waals surface area contributed by atoms with E-state index in [-0.39, 0.29) is 17.4 Å². The topological polar surface area (TPSA) is 52.7 Å². The summed E-state index contributed by atoms with van der Waals surface area (Å²) in [7, 11) is 0. The number of anilines is 1. The first-order chi connectivity index (χ1) is 11.7. The zero-order valence-corrected chi connectivity index (χ0v) is 15.9. The third-order valence-corrected chi connectivity index (χ3v) is 5.06. The molecule has 2 aliphatic rings. The number of carbonyl (C=O) groups is 2. The molecule has 2 amide bonds. The number of rotatable bonds is 3. The van der Waals surface area contributed by atoms with Gasteiger partial charge in [-0.2, -0.15) is 0 Å². The second-order valence-electron chi connectivity index (χ2n) is 8.05. The molecule has 0 bridgehead atoms. The van der Waals surface area contributed by atoms with Gasteiger partial charge in [0.15, 0.2) is 0 Å². The molecule has 1 aromatic rings. The first-order valence-corrected chi connectivity index (χ1v) is 9.22. The van der Waals surface area contributed by atoms with Crippen molar-refractivity contribution in [2.45, 2.75) is 39.2 Å². The number of nitrogens with zero attached hydrogens (tertiary/aromatic N) is 2. The highest BCUT2D eigenvalue weighted by Crippen LogP contribution is 2.48.